The van der Waals surface area contributed by atoms with Gasteiger partial charge in [-0.3, -0.25) is 0 Å². The van der Waals surface area contributed by atoms with Gasteiger partial charge in [0.25, 0.3) is 0 Å². The number of hydrogen-bond acceptors (Lipinski definition) is 2. The summed E-state index contributed by atoms with van der Waals surface area (Å²) in [6.45, 7) is 0.723. The van der Waals surface area contributed by atoms with E-state index in [9.17, 15) is 0 Å². The zero-order valence-electron chi connectivity index (χ0n) is 22.0. The Bertz CT molecular complexity index is 1790. The highest BCUT2D eigenvalue weighted by Gasteiger charge is 2.17. The lowest BCUT2D eigenvalue weighted by atomic mass is 9.87. The van der Waals surface area contributed by atoms with Crippen LogP contribution in [0.1, 0.15) is 18.6 Å². The molecule has 0 fully saturated rings. The van der Waals surface area contributed by atoms with Crippen molar-refractivity contribution in [2.75, 3.05) is 7.05 Å². The minimum atomic E-state index is 0. The molecule has 0 aliphatic heterocycles. The molecule has 0 radical (unpaired) electrons. The second kappa shape index (κ2) is 11.8. The molecule has 0 aliphatic carbocycles. The average Bonchev–Trinajstić information content (AvgIpc) is 3.01. The van der Waals surface area contributed by atoms with Gasteiger partial charge in [-0.15, -0.1) is 0 Å². The lowest BCUT2D eigenvalue weighted by Crippen LogP contribution is -2.12. The van der Waals surface area contributed by atoms with Crippen LogP contribution in [0.4, 0.5) is 0 Å². The van der Waals surface area contributed by atoms with Crippen LogP contribution in [0.2, 0.25) is 0 Å². The molecule has 0 saturated heterocycles. The summed E-state index contributed by atoms with van der Waals surface area (Å²) >= 11 is 0. The van der Waals surface area contributed by atoms with E-state index in [0.717, 1.165) is 17.7 Å². The number of nitrogens with zero attached hydrogens (tertiary/aromatic N) is 1. The molecule has 0 unspecified atom stereocenters. The van der Waals surface area contributed by atoms with Crippen LogP contribution in [0, 0.1) is 5.41 Å². The van der Waals surface area contributed by atoms with Crippen molar-refractivity contribution in [1.29, 1.82) is 5.41 Å². The number of benzene rings is 6. The molecule has 0 spiro atoms. The Balaban J connectivity index is 0.00000323. The Labute approximate surface area is 237 Å². The van der Waals surface area contributed by atoms with Gasteiger partial charge in [-0.1, -0.05) is 135 Å². The second-order valence-electron chi connectivity index (χ2n) is 9.90. The molecule has 0 saturated carbocycles. The minimum absolute atomic E-state index is 0. The summed E-state index contributed by atoms with van der Waals surface area (Å²) in [5.41, 5.74) is 8.14. The van der Waals surface area contributed by atoms with Gasteiger partial charge in [0.2, 0.25) is 0 Å². The standard InChI is InChI=1S/C37H30N2.CH4/c1-39(25-31(24-38)28-15-7-3-8-16-28)26-36-32-19-11-12-20-34(32)37(29-17-9-4-10-18-29)35-23-30(21-22-33(35)36)27-13-5-2-6-14-27;/h2-25,38H,26H2,1H3;1H4/b31-25+,38-24?;. The molecule has 0 aliphatic rings. The maximum absolute atomic E-state index is 8.04. The van der Waals surface area contributed by atoms with Crippen LogP contribution in [0.3, 0.4) is 0 Å². The summed E-state index contributed by atoms with van der Waals surface area (Å²) in [7, 11) is 2.09. The fourth-order valence-corrected chi connectivity index (χ4v) is 5.52. The highest BCUT2D eigenvalue weighted by molar-refractivity contribution is 6.16. The third-order valence-corrected chi connectivity index (χ3v) is 7.33. The predicted molar refractivity (Wildman–Crippen MR) is 174 cm³/mol. The predicted octanol–water partition coefficient (Wildman–Crippen LogP) is 10.1. The molecule has 6 aromatic rings. The molecule has 1 N–H and O–H groups in total. The first-order valence-electron chi connectivity index (χ1n) is 13.3. The van der Waals surface area contributed by atoms with Gasteiger partial charge in [0.05, 0.1) is 0 Å². The van der Waals surface area contributed by atoms with E-state index in [4.69, 9.17) is 5.41 Å². The molecule has 2 nitrogen and oxygen atoms in total. The van der Waals surface area contributed by atoms with E-state index in [1.807, 2.05) is 18.2 Å². The fourth-order valence-electron chi connectivity index (χ4n) is 5.52. The van der Waals surface area contributed by atoms with Crippen molar-refractivity contribution in [2.24, 2.45) is 0 Å². The molecule has 0 bridgehead atoms. The lowest BCUT2D eigenvalue weighted by molar-refractivity contribution is 0.456. The van der Waals surface area contributed by atoms with Gasteiger partial charge in [-0.25, -0.2) is 0 Å². The number of hydrogen-bond donors (Lipinski definition) is 1. The monoisotopic (exact) mass is 518 g/mol. The number of fused-ring (bicyclic) bond motifs is 2. The molecular formula is C38H34N2. The van der Waals surface area contributed by atoms with Crippen molar-refractivity contribution in [2.45, 2.75) is 14.0 Å². The van der Waals surface area contributed by atoms with Gasteiger partial charge >= 0.3 is 0 Å². The van der Waals surface area contributed by atoms with Gasteiger partial charge in [0.15, 0.2) is 0 Å². The average molecular weight is 519 g/mol. The van der Waals surface area contributed by atoms with Gasteiger partial charge in [0.1, 0.15) is 0 Å². The maximum atomic E-state index is 8.04. The largest absolute Gasteiger partial charge is 0.376 e. The molecule has 0 aromatic heterocycles. The number of nitrogens with one attached hydrogen (secondary N) is 1. The third kappa shape index (κ3) is 5.17. The Kier molecular flexibility index (Phi) is 7.89. The Morgan fingerprint density at radius 3 is 1.80 bits per heavy atom. The van der Waals surface area contributed by atoms with Crippen LogP contribution >= 0.6 is 0 Å². The summed E-state index contributed by atoms with van der Waals surface area (Å²) in [6.07, 6.45) is 3.51. The summed E-state index contributed by atoms with van der Waals surface area (Å²) in [4.78, 5) is 2.20. The SMILES string of the molecule is C.CN(/C=C(\C=N)c1ccccc1)Cc1c2ccccc2c(-c2ccccc2)c2cc(-c3ccccc3)ccc12. The molecule has 6 aromatic carbocycles. The van der Waals surface area contributed by atoms with Gasteiger partial charge < -0.3 is 10.3 Å². The first-order valence-corrected chi connectivity index (χ1v) is 13.3. The topological polar surface area (TPSA) is 27.1 Å². The van der Waals surface area contributed by atoms with Crippen LogP contribution in [-0.4, -0.2) is 18.2 Å². The quantitative estimate of drug-likeness (QED) is 0.165. The normalized spacial score (nSPS) is 11.3. The van der Waals surface area contributed by atoms with E-state index >= 15 is 0 Å². The molecule has 0 atom stereocenters. The molecule has 0 amide bonds. The zero-order chi connectivity index (χ0) is 26.6. The zero-order valence-corrected chi connectivity index (χ0v) is 22.0. The van der Waals surface area contributed by atoms with Crippen molar-refractivity contribution in [3.63, 3.8) is 0 Å². The van der Waals surface area contributed by atoms with E-state index in [1.165, 1.54) is 55.6 Å². The Morgan fingerprint density at radius 1 is 0.600 bits per heavy atom. The first-order chi connectivity index (χ1) is 19.2. The molecular weight excluding hydrogens is 484 g/mol. The van der Waals surface area contributed by atoms with E-state index in [0.29, 0.717) is 0 Å². The molecule has 6 rings (SSSR count). The van der Waals surface area contributed by atoms with Crippen molar-refractivity contribution in [1.82, 2.24) is 4.90 Å². The van der Waals surface area contributed by atoms with Gasteiger partial charge in [0, 0.05) is 31.6 Å². The van der Waals surface area contributed by atoms with Crippen molar-refractivity contribution in [3.05, 3.63) is 151 Å². The minimum Gasteiger partial charge on any atom is -0.376 e. The number of allylic oxidation sites excluding steroid dienone is 1. The number of rotatable bonds is 7. The summed E-state index contributed by atoms with van der Waals surface area (Å²) in [6, 6.07) is 47.1. The van der Waals surface area contributed by atoms with Crippen LogP contribution < -0.4 is 0 Å². The van der Waals surface area contributed by atoms with Crippen molar-refractivity contribution >= 4 is 33.3 Å². The maximum Gasteiger partial charge on any atom is 0.0433 e. The van der Waals surface area contributed by atoms with E-state index < -0.39 is 0 Å². The molecule has 0 heterocycles. The van der Waals surface area contributed by atoms with Gasteiger partial charge in [-0.2, -0.15) is 0 Å². The second-order valence-corrected chi connectivity index (χ2v) is 9.90. The highest BCUT2D eigenvalue weighted by atomic mass is 15.1. The Morgan fingerprint density at radius 2 is 1.15 bits per heavy atom. The molecule has 40 heavy (non-hydrogen) atoms. The lowest BCUT2D eigenvalue weighted by Gasteiger charge is -2.22. The van der Waals surface area contributed by atoms with E-state index in [1.54, 1.807) is 0 Å². The van der Waals surface area contributed by atoms with Gasteiger partial charge in [-0.05, 0) is 61.0 Å². The third-order valence-electron chi connectivity index (χ3n) is 7.33. The van der Waals surface area contributed by atoms with Crippen molar-refractivity contribution in [3.8, 4) is 22.3 Å². The van der Waals surface area contributed by atoms with E-state index in [2.05, 4.69) is 133 Å². The summed E-state index contributed by atoms with van der Waals surface area (Å²) < 4.78 is 0. The van der Waals surface area contributed by atoms with E-state index in [-0.39, 0.29) is 7.43 Å². The summed E-state index contributed by atoms with van der Waals surface area (Å²) in [5, 5.41) is 13.1. The van der Waals surface area contributed by atoms with Crippen LogP contribution in [0.25, 0.3) is 49.4 Å². The molecule has 2 heteroatoms. The fraction of sp³-hybridized carbons (Fsp3) is 0.0789. The molecule has 196 valence electrons. The van der Waals surface area contributed by atoms with Crippen LogP contribution in [-0.2, 0) is 6.54 Å². The van der Waals surface area contributed by atoms with Crippen LogP contribution in [0.15, 0.2) is 140 Å². The van der Waals surface area contributed by atoms with Crippen LogP contribution in [0.5, 0.6) is 0 Å². The smallest absolute Gasteiger partial charge is 0.0433 e. The van der Waals surface area contributed by atoms with Crippen molar-refractivity contribution < 1.29 is 0 Å². The highest BCUT2D eigenvalue weighted by Crippen LogP contribution is 2.41. The Hall–Kier alpha value is -4.95. The summed E-state index contributed by atoms with van der Waals surface area (Å²) in [5.74, 6) is 0. The first kappa shape index (κ1) is 26.6.